The van der Waals surface area contributed by atoms with Crippen LogP contribution in [0.15, 0.2) is 89.3 Å². The van der Waals surface area contributed by atoms with E-state index in [1.165, 1.54) is 14.2 Å². The highest BCUT2D eigenvalue weighted by Crippen LogP contribution is 2.37. The average Bonchev–Trinajstić information content (AvgIpc) is 3.38. The normalized spacial score (nSPS) is 10.5. The third kappa shape index (κ3) is 5.89. The number of furan rings is 1. The molecule has 0 bridgehead atoms. The minimum absolute atomic E-state index is 0.205. The largest absolute Gasteiger partial charge is 0.494 e. The number of methoxy groups -OCH3 is 2. The van der Waals surface area contributed by atoms with Gasteiger partial charge >= 0.3 is 0 Å². The van der Waals surface area contributed by atoms with Gasteiger partial charge in [-0.2, -0.15) is 0 Å². The summed E-state index contributed by atoms with van der Waals surface area (Å²) in [6.45, 7) is 0. The van der Waals surface area contributed by atoms with Gasteiger partial charge in [-0.15, -0.1) is 0 Å². The van der Waals surface area contributed by atoms with Crippen molar-refractivity contribution in [3.63, 3.8) is 0 Å². The van der Waals surface area contributed by atoms with E-state index in [9.17, 15) is 9.59 Å². The highest BCUT2D eigenvalue weighted by molar-refractivity contribution is 6.05. The van der Waals surface area contributed by atoms with Crippen LogP contribution >= 0.6 is 0 Å². The monoisotopic (exact) mass is 470 g/mol. The summed E-state index contributed by atoms with van der Waals surface area (Å²) in [5, 5.41) is 5.69. The molecule has 0 spiro atoms. The first kappa shape index (κ1) is 23.6. The Morgan fingerprint density at radius 2 is 1.37 bits per heavy atom. The van der Waals surface area contributed by atoms with Gasteiger partial charge in [-0.25, -0.2) is 0 Å². The summed E-state index contributed by atoms with van der Waals surface area (Å²) < 4.78 is 16.8. The van der Waals surface area contributed by atoms with Crippen LogP contribution in [0.25, 0.3) is 11.3 Å². The number of hydrogen-bond donors (Lipinski definition) is 2. The molecule has 178 valence electrons. The summed E-state index contributed by atoms with van der Waals surface area (Å²) in [7, 11) is 2.99. The number of benzene rings is 3. The van der Waals surface area contributed by atoms with Gasteiger partial charge in [0.1, 0.15) is 23.0 Å². The second kappa shape index (κ2) is 11.1. The van der Waals surface area contributed by atoms with Crippen molar-refractivity contribution in [3.05, 3.63) is 96.3 Å². The Hall–Kier alpha value is -4.52. The summed E-state index contributed by atoms with van der Waals surface area (Å²) in [5.41, 5.74) is 2.37. The van der Waals surface area contributed by atoms with Crippen molar-refractivity contribution in [3.8, 4) is 22.8 Å². The van der Waals surface area contributed by atoms with Gasteiger partial charge in [0.2, 0.25) is 5.91 Å². The molecule has 0 saturated heterocycles. The molecule has 3 aromatic carbocycles. The number of anilines is 2. The molecule has 7 nitrogen and oxygen atoms in total. The Bertz CT molecular complexity index is 1300. The Kier molecular flexibility index (Phi) is 7.47. The van der Waals surface area contributed by atoms with E-state index < -0.39 is 0 Å². The van der Waals surface area contributed by atoms with E-state index in [-0.39, 0.29) is 18.2 Å². The second-order valence-corrected chi connectivity index (χ2v) is 7.75. The van der Waals surface area contributed by atoms with Crippen LogP contribution in [0.2, 0.25) is 0 Å². The van der Waals surface area contributed by atoms with Crippen LogP contribution in [-0.2, 0) is 11.2 Å². The van der Waals surface area contributed by atoms with Gasteiger partial charge in [0.25, 0.3) is 5.91 Å². The van der Waals surface area contributed by atoms with Crippen LogP contribution in [0.4, 0.5) is 11.4 Å². The first-order valence-corrected chi connectivity index (χ1v) is 11.1. The summed E-state index contributed by atoms with van der Waals surface area (Å²) in [6, 6.07) is 25.7. The first-order valence-electron chi connectivity index (χ1n) is 11.1. The maximum atomic E-state index is 12.7. The highest BCUT2D eigenvalue weighted by atomic mass is 16.5. The summed E-state index contributed by atoms with van der Waals surface area (Å²) in [6.07, 6.45) is 0.670. The topological polar surface area (TPSA) is 89.8 Å². The van der Waals surface area contributed by atoms with E-state index in [2.05, 4.69) is 10.6 Å². The zero-order chi connectivity index (χ0) is 24.6. The number of amides is 2. The van der Waals surface area contributed by atoms with Gasteiger partial charge < -0.3 is 24.5 Å². The van der Waals surface area contributed by atoms with Crippen LogP contribution in [0.1, 0.15) is 22.5 Å². The van der Waals surface area contributed by atoms with E-state index in [4.69, 9.17) is 13.9 Å². The molecule has 0 radical (unpaired) electrons. The summed E-state index contributed by atoms with van der Waals surface area (Å²) >= 11 is 0. The maximum Gasteiger partial charge on any atom is 0.255 e. The lowest BCUT2D eigenvalue weighted by Gasteiger charge is -2.16. The van der Waals surface area contributed by atoms with Gasteiger partial charge in [0.15, 0.2) is 0 Å². The third-order valence-electron chi connectivity index (χ3n) is 5.40. The summed E-state index contributed by atoms with van der Waals surface area (Å²) in [4.78, 5) is 25.2. The quantitative estimate of drug-likeness (QED) is 0.323. The molecule has 0 atom stereocenters. The number of carbonyl (C=O) groups excluding carboxylic acids is 2. The predicted molar refractivity (Wildman–Crippen MR) is 135 cm³/mol. The van der Waals surface area contributed by atoms with Crippen LogP contribution < -0.4 is 20.1 Å². The van der Waals surface area contributed by atoms with Crippen LogP contribution in [0.5, 0.6) is 11.5 Å². The lowest BCUT2D eigenvalue weighted by atomic mass is 10.2. The molecule has 35 heavy (non-hydrogen) atoms. The number of carbonyl (C=O) groups is 2. The third-order valence-corrected chi connectivity index (χ3v) is 5.40. The fraction of sp³-hybridized carbons (Fsp3) is 0.143. The van der Waals surface area contributed by atoms with Gasteiger partial charge in [0.05, 0.1) is 25.6 Å². The number of ether oxygens (including phenoxy) is 2. The molecular weight excluding hydrogens is 444 g/mol. The second-order valence-electron chi connectivity index (χ2n) is 7.75. The minimum Gasteiger partial charge on any atom is -0.494 e. The highest BCUT2D eigenvalue weighted by Gasteiger charge is 2.16. The number of nitrogens with one attached hydrogen (secondary N) is 2. The van der Waals surface area contributed by atoms with Crippen molar-refractivity contribution in [2.45, 2.75) is 12.8 Å². The molecular formula is C28H26N2O5. The molecule has 0 saturated carbocycles. The Balaban J connectivity index is 1.42. The Morgan fingerprint density at radius 3 is 2.00 bits per heavy atom. The lowest BCUT2D eigenvalue weighted by molar-refractivity contribution is -0.116. The molecule has 0 aliphatic carbocycles. The number of hydrogen-bond acceptors (Lipinski definition) is 5. The van der Waals surface area contributed by atoms with Gasteiger partial charge in [0, 0.05) is 36.1 Å². The first-order chi connectivity index (χ1) is 17.1. The molecule has 2 N–H and O–H groups in total. The van der Waals surface area contributed by atoms with E-state index >= 15 is 0 Å². The number of aryl methyl sites for hydroxylation is 1. The van der Waals surface area contributed by atoms with Crippen molar-refractivity contribution < 1.29 is 23.5 Å². The molecule has 0 unspecified atom stereocenters. The lowest BCUT2D eigenvalue weighted by Crippen LogP contribution is -2.15. The molecule has 4 rings (SSSR count). The van der Waals surface area contributed by atoms with E-state index in [1.54, 1.807) is 36.4 Å². The number of rotatable bonds is 9. The molecule has 2 amide bonds. The molecule has 4 aromatic rings. The van der Waals surface area contributed by atoms with Gasteiger partial charge in [-0.05, 0) is 24.3 Å². The molecule has 0 aliphatic rings. The molecule has 7 heteroatoms. The van der Waals surface area contributed by atoms with Crippen LogP contribution in [0.3, 0.4) is 0 Å². The van der Waals surface area contributed by atoms with Crippen molar-refractivity contribution in [1.29, 1.82) is 0 Å². The van der Waals surface area contributed by atoms with Crippen LogP contribution in [0, 0.1) is 0 Å². The Labute approximate surface area is 203 Å². The minimum atomic E-state index is -0.281. The predicted octanol–water partition coefficient (Wildman–Crippen LogP) is 5.79. The Morgan fingerprint density at radius 1 is 0.771 bits per heavy atom. The fourth-order valence-corrected chi connectivity index (χ4v) is 3.60. The molecule has 0 aliphatic heterocycles. The maximum absolute atomic E-state index is 12.7. The van der Waals surface area contributed by atoms with Crippen molar-refractivity contribution in [2.75, 3.05) is 24.9 Å². The zero-order valence-electron chi connectivity index (χ0n) is 19.5. The van der Waals surface area contributed by atoms with Crippen molar-refractivity contribution >= 4 is 23.2 Å². The van der Waals surface area contributed by atoms with E-state index in [0.29, 0.717) is 34.9 Å². The standard InChI is InChI=1S/C28H26N2O5/c1-33-25-18-23(30-28(32)20-11-7-4-8-12-20)26(34-2)17-22(25)29-27(31)16-14-21-13-15-24(35-21)19-9-5-3-6-10-19/h3-13,15,17-18H,14,16H2,1-2H3,(H,29,31)(H,30,32). The SMILES string of the molecule is COc1cc(NC(=O)c2ccccc2)c(OC)cc1NC(=O)CCc1ccc(-c2ccccc2)o1. The van der Waals surface area contributed by atoms with Crippen LogP contribution in [-0.4, -0.2) is 26.0 Å². The van der Waals surface area contributed by atoms with Gasteiger partial charge in [-0.1, -0.05) is 48.5 Å². The van der Waals surface area contributed by atoms with Gasteiger partial charge in [-0.3, -0.25) is 9.59 Å². The van der Waals surface area contributed by atoms with Crippen molar-refractivity contribution in [1.82, 2.24) is 0 Å². The average molecular weight is 471 g/mol. The summed E-state index contributed by atoms with van der Waals surface area (Å²) in [5.74, 6) is 1.79. The van der Waals surface area contributed by atoms with Crippen molar-refractivity contribution in [2.24, 2.45) is 0 Å². The molecule has 1 aromatic heterocycles. The molecule has 0 fully saturated rings. The smallest absolute Gasteiger partial charge is 0.255 e. The van der Waals surface area contributed by atoms with E-state index in [1.807, 2.05) is 48.5 Å². The zero-order valence-corrected chi connectivity index (χ0v) is 19.5. The fourth-order valence-electron chi connectivity index (χ4n) is 3.60. The molecule has 1 heterocycles. The van der Waals surface area contributed by atoms with E-state index in [0.717, 1.165) is 17.1 Å².